The van der Waals surface area contributed by atoms with Gasteiger partial charge in [-0.3, -0.25) is 10.5 Å². The summed E-state index contributed by atoms with van der Waals surface area (Å²) in [5.41, 5.74) is 4.90. The highest BCUT2D eigenvalue weighted by atomic mass is 35.5. The lowest BCUT2D eigenvalue weighted by Crippen LogP contribution is -2.21. The van der Waals surface area contributed by atoms with Crippen LogP contribution in [0.4, 0.5) is 0 Å². The molecule has 0 bridgehead atoms. The molecule has 0 saturated heterocycles. The van der Waals surface area contributed by atoms with E-state index in [-0.39, 0.29) is 12.4 Å². The number of benzene rings is 1. The lowest BCUT2D eigenvalue weighted by Gasteiger charge is -2.06. The van der Waals surface area contributed by atoms with Crippen LogP contribution in [0.3, 0.4) is 0 Å². The third kappa shape index (κ3) is 3.31. The number of thiol groups is 1. The van der Waals surface area contributed by atoms with Gasteiger partial charge in [-0.1, -0.05) is 23.7 Å². The molecule has 0 saturated carbocycles. The van der Waals surface area contributed by atoms with Crippen molar-refractivity contribution in [2.45, 2.75) is 5.56 Å². The van der Waals surface area contributed by atoms with Crippen LogP contribution in [-0.4, -0.2) is 18.0 Å². The summed E-state index contributed by atoms with van der Waals surface area (Å²) in [4.78, 5) is 11.5. The molecule has 14 heavy (non-hydrogen) atoms. The summed E-state index contributed by atoms with van der Waals surface area (Å²) < 4.78 is 4.85. The van der Waals surface area contributed by atoms with Crippen LogP contribution in [0.25, 0.3) is 0 Å². The van der Waals surface area contributed by atoms with E-state index in [4.69, 9.17) is 22.1 Å². The summed E-state index contributed by atoms with van der Waals surface area (Å²) >= 11 is 9.59. The van der Waals surface area contributed by atoms with E-state index in [1.807, 2.05) is 0 Å². The van der Waals surface area contributed by atoms with E-state index in [1.165, 1.54) is 0 Å². The minimum absolute atomic E-state index is 0.117. The van der Waals surface area contributed by atoms with Crippen LogP contribution < -0.4 is 5.73 Å². The molecule has 0 fully saturated rings. The average Bonchev–Trinajstić information content (AvgIpc) is 2.15. The van der Waals surface area contributed by atoms with E-state index in [9.17, 15) is 4.79 Å². The van der Waals surface area contributed by atoms with Gasteiger partial charge < -0.3 is 4.74 Å². The lowest BCUT2D eigenvalue weighted by molar-refractivity contribution is 0.0720. The Labute approximate surface area is 92.6 Å². The number of halogens is 1. The molecular formula is C9H10ClNO2S. The average molecular weight is 232 g/mol. The van der Waals surface area contributed by atoms with E-state index in [0.29, 0.717) is 10.6 Å². The number of Topliss-reactive ketones (excluding diaryl/α,β-unsaturated/α-hetero) is 1. The van der Waals surface area contributed by atoms with Gasteiger partial charge in [0.05, 0.1) is 5.02 Å². The maximum Gasteiger partial charge on any atom is 0.190 e. The predicted octanol–water partition coefficient (Wildman–Crippen LogP) is 1.71. The molecular weight excluding hydrogens is 222 g/mol. The molecule has 0 heterocycles. The summed E-state index contributed by atoms with van der Waals surface area (Å²) in [6.45, 7) is -0.117. The van der Waals surface area contributed by atoms with Crippen molar-refractivity contribution in [3.63, 3.8) is 0 Å². The molecule has 0 radical (unpaired) electrons. The van der Waals surface area contributed by atoms with Gasteiger partial charge in [0, 0.05) is 5.56 Å². The van der Waals surface area contributed by atoms with Gasteiger partial charge in [0.25, 0.3) is 0 Å². The molecule has 0 unspecified atom stereocenters. The van der Waals surface area contributed by atoms with Crippen LogP contribution in [0, 0.1) is 0 Å². The Morgan fingerprint density at radius 1 is 1.57 bits per heavy atom. The highest BCUT2D eigenvalue weighted by molar-refractivity contribution is 7.80. The van der Waals surface area contributed by atoms with E-state index in [0.717, 1.165) is 0 Å². The normalized spacial score (nSPS) is 12.5. The number of carbonyl (C=O) groups is 1. The second-order valence-electron chi connectivity index (χ2n) is 2.60. The molecule has 1 atom stereocenters. The van der Waals surface area contributed by atoms with Crippen molar-refractivity contribution < 1.29 is 9.53 Å². The fraction of sp³-hybridized carbons (Fsp3) is 0.222. The van der Waals surface area contributed by atoms with Gasteiger partial charge in [-0.25, -0.2) is 0 Å². The summed E-state index contributed by atoms with van der Waals surface area (Å²) in [6.07, 6.45) is 0. The number of ketones is 1. The predicted molar refractivity (Wildman–Crippen MR) is 58.7 cm³/mol. The minimum Gasteiger partial charge on any atom is -0.346 e. The van der Waals surface area contributed by atoms with Gasteiger partial charge >= 0.3 is 0 Å². The van der Waals surface area contributed by atoms with Gasteiger partial charge in [-0.2, -0.15) is 0 Å². The van der Waals surface area contributed by atoms with Gasteiger partial charge in [-0.05, 0) is 12.1 Å². The number of nitrogens with two attached hydrogens (primary N) is 1. The van der Waals surface area contributed by atoms with Crippen LogP contribution in [0.5, 0.6) is 0 Å². The molecule has 1 aromatic rings. The standard InChI is InChI=1S/C9H10ClNO2S/c10-7-4-2-1-3-6(7)8(12)5-13-9(11)14/h1-4,9,14H,5,11H2/t9-/m0/s1. The van der Waals surface area contributed by atoms with E-state index in [1.54, 1.807) is 24.3 Å². The molecule has 1 rings (SSSR count). The maximum atomic E-state index is 11.5. The first kappa shape index (κ1) is 11.5. The number of hydrogen-bond acceptors (Lipinski definition) is 4. The maximum absolute atomic E-state index is 11.5. The zero-order valence-electron chi connectivity index (χ0n) is 7.31. The number of rotatable bonds is 4. The Morgan fingerprint density at radius 3 is 2.79 bits per heavy atom. The molecule has 2 N–H and O–H groups in total. The van der Waals surface area contributed by atoms with Gasteiger partial charge in [-0.15, -0.1) is 12.6 Å². The minimum atomic E-state index is -0.749. The quantitative estimate of drug-likeness (QED) is 0.471. The summed E-state index contributed by atoms with van der Waals surface area (Å²) in [5.74, 6) is -0.208. The van der Waals surface area contributed by atoms with Crippen molar-refractivity contribution in [1.29, 1.82) is 0 Å². The molecule has 0 aliphatic carbocycles. The van der Waals surface area contributed by atoms with Gasteiger partial charge in [0.2, 0.25) is 0 Å². The molecule has 0 aliphatic rings. The topological polar surface area (TPSA) is 52.3 Å². The van der Waals surface area contributed by atoms with Crippen molar-refractivity contribution in [3.8, 4) is 0 Å². The second-order valence-corrected chi connectivity index (χ2v) is 3.52. The zero-order valence-corrected chi connectivity index (χ0v) is 8.96. The highest BCUT2D eigenvalue weighted by Crippen LogP contribution is 2.15. The summed E-state index contributed by atoms with van der Waals surface area (Å²) in [7, 11) is 0. The van der Waals surface area contributed by atoms with Crippen molar-refractivity contribution >= 4 is 30.0 Å². The molecule has 76 valence electrons. The number of hydrogen-bond donors (Lipinski definition) is 2. The molecule has 5 heteroatoms. The van der Waals surface area contributed by atoms with Gasteiger partial charge in [0.1, 0.15) is 6.61 Å². The Hall–Kier alpha value is -0.550. The molecule has 0 amide bonds. The van der Waals surface area contributed by atoms with E-state index >= 15 is 0 Å². The third-order valence-corrected chi connectivity index (χ3v) is 2.04. The monoisotopic (exact) mass is 231 g/mol. The highest BCUT2D eigenvalue weighted by Gasteiger charge is 2.10. The zero-order chi connectivity index (χ0) is 10.6. The largest absolute Gasteiger partial charge is 0.346 e. The molecule has 1 aromatic carbocycles. The van der Waals surface area contributed by atoms with Crippen LogP contribution in [0.2, 0.25) is 5.02 Å². The first-order valence-electron chi connectivity index (χ1n) is 3.94. The SMILES string of the molecule is N[C@H](S)OCC(=O)c1ccccc1Cl. The van der Waals surface area contributed by atoms with Gasteiger partial charge in [0.15, 0.2) is 11.3 Å². The smallest absolute Gasteiger partial charge is 0.190 e. The summed E-state index contributed by atoms with van der Waals surface area (Å²) in [6, 6.07) is 6.78. The summed E-state index contributed by atoms with van der Waals surface area (Å²) in [5, 5.41) is 0.411. The number of carbonyl (C=O) groups excluding carboxylic acids is 1. The fourth-order valence-corrected chi connectivity index (χ4v) is 1.24. The number of ether oxygens (including phenoxy) is 1. The Morgan fingerprint density at radius 2 is 2.21 bits per heavy atom. The Kier molecular flexibility index (Phi) is 4.41. The van der Waals surface area contributed by atoms with Crippen LogP contribution in [0.15, 0.2) is 24.3 Å². The molecule has 3 nitrogen and oxygen atoms in total. The van der Waals surface area contributed by atoms with Crippen molar-refractivity contribution in [2.24, 2.45) is 5.73 Å². The van der Waals surface area contributed by atoms with Crippen molar-refractivity contribution in [3.05, 3.63) is 34.9 Å². The van der Waals surface area contributed by atoms with Crippen LogP contribution in [0.1, 0.15) is 10.4 Å². The Balaban J connectivity index is 2.65. The Bertz CT molecular complexity index is 330. The first-order chi connectivity index (χ1) is 6.61. The fourth-order valence-electron chi connectivity index (χ4n) is 0.926. The van der Waals surface area contributed by atoms with Crippen LogP contribution in [-0.2, 0) is 4.74 Å². The first-order valence-corrected chi connectivity index (χ1v) is 4.83. The second kappa shape index (κ2) is 5.36. The van der Waals surface area contributed by atoms with Crippen molar-refractivity contribution in [2.75, 3.05) is 6.61 Å². The van der Waals surface area contributed by atoms with Crippen LogP contribution >= 0.6 is 24.2 Å². The van der Waals surface area contributed by atoms with E-state index < -0.39 is 5.56 Å². The molecule has 0 aliphatic heterocycles. The van der Waals surface area contributed by atoms with E-state index in [2.05, 4.69) is 12.6 Å². The third-order valence-electron chi connectivity index (χ3n) is 1.56. The molecule has 0 aromatic heterocycles. The lowest BCUT2D eigenvalue weighted by atomic mass is 10.1. The van der Waals surface area contributed by atoms with Crippen molar-refractivity contribution in [1.82, 2.24) is 0 Å². The molecule has 0 spiro atoms.